The first kappa shape index (κ1) is 14.0. The van der Waals surface area contributed by atoms with Crippen LogP contribution in [0.25, 0.3) is 0 Å². The summed E-state index contributed by atoms with van der Waals surface area (Å²) in [5.74, 6) is -0.0779. The predicted molar refractivity (Wildman–Crippen MR) is 84.4 cm³/mol. The summed E-state index contributed by atoms with van der Waals surface area (Å²) < 4.78 is 0. The smallest absolute Gasteiger partial charge is 0.255 e. The average molecular weight is 289 g/mol. The second-order valence-electron chi connectivity index (χ2n) is 3.91. The van der Waals surface area contributed by atoms with E-state index in [1.165, 1.54) is 0 Å². The van der Waals surface area contributed by atoms with Crippen LogP contribution >= 0.6 is 23.5 Å². The molecule has 0 aliphatic carbocycles. The topological polar surface area (TPSA) is 29.1 Å². The van der Waals surface area contributed by atoms with E-state index in [1.807, 2.05) is 61.0 Å². The molecule has 0 heterocycles. The van der Waals surface area contributed by atoms with E-state index in [9.17, 15) is 4.79 Å². The van der Waals surface area contributed by atoms with Crippen molar-refractivity contribution in [3.05, 3.63) is 54.1 Å². The molecule has 2 nitrogen and oxygen atoms in total. The lowest BCUT2D eigenvalue weighted by Crippen LogP contribution is -2.11. The number of hydrogen-bond donors (Lipinski definition) is 1. The average Bonchev–Trinajstić information content (AvgIpc) is 2.47. The van der Waals surface area contributed by atoms with Crippen molar-refractivity contribution in [2.75, 3.05) is 17.8 Å². The first-order valence-corrected chi connectivity index (χ1v) is 8.27. The van der Waals surface area contributed by atoms with Crippen LogP contribution in [0.5, 0.6) is 0 Å². The van der Waals surface area contributed by atoms with Gasteiger partial charge in [-0.25, -0.2) is 0 Å². The maximum absolute atomic E-state index is 12.1. The van der Waals surface area contributed by atoms with Gasteiger partial charge in [0.2, 0.25) is 0 Å². The molecule has 0 unspecified atom stereocenters. The summed E-state index contributed by atoms with van der Waals surface area (Å²) in [5.41, 5.74) is 1.50. The molecule has 0 aliphatic rings. The Morgan fingerprint density at radius 1 is 0.947 bits per heavy atom. The van der Waals surface area contributed by atoms with Crippen molar-refractivity contribution in [2.45, 2.75) is 9.79 Å². The van der Waals surface area contributed by atoms with Gasteiger partial charge in [0.1, 0.15) is 0 Å². The van der Waals surface area contributed by atoms with E-state index in [2.05, 4.69) is 5.32 Å². The van der Waals surface area contributed by atoms with E-state index in [4.69, 9.17) is 0 Å². The summed E-state index contributed by atoms with van der Waals surface area (Å²) in [4.78, 5) is 14.4. The molecule has 0 saturated heterocycles. The van der Waals surface area contributed by atoms with Crippen LogP contribution in [0.3, 0.4) is 0 Å². The van der Waals surface area contributed by atoms with Crippen LogP contribution in [0.2, 0.25) is 0 Å². The summed E-state index contributed by atoms with van der Waals surface area (Å²) in [6, 6.07) is 15.4. The SMILES string of the molecule is CSc1ccc(C(=O)Nc2cccc(SC)c2)cc1. The zero-order valence-electron chi connectivity index (χ0n) is 10.8. The fourth-order valence-corrected chi connectivity index (χ4v) is 2.51. The Balaban J connectivity index is 2.11. The molecule has 0 spiro atoms. The van der Waals surface area contributed by atoms with E-state index in [0.717, 1.165) is 15.5 Å². The van der Waals surface area contributed by atoms with E-state index < -0.39 is 0 Å². The summed E-state index contributed by atoms with van der Waals surface area (Å²) in [6.07, 6.45) is 4.03. The fraction of sp³-hybridized carbons (Fsp3) is 0.133. The number of carbonyl (C=O) groups is 1. The molecule has 0 saturated carbocycles. The number of anilines is 1. The number of benzene rings is 2. The molecule has 98 valence electrons. The molecule has 2 aromatic rings. The van der Waals surface area contributed by atoms with Crippen molar-refractivity contribution in [1.29, 1.82) is 0 Å². The van der Waals surface area contributed by atoms with Gasteiger partial charge in [0.25, 0.3) is 5.91 Å². The molecule has 0 atom stereocenters. The minimum absolute atomic E-state index is 0.0779. The second-order valence-corrected chi connectivity index (χ2v) is 5.67. The van der Waals surface area contributed by atoms with Gasteiger partial charge < -0.3 is 5.32 Å². The highest BCUT2D eigenvalue weighted by atomic mass is 32.2. The number of hydrogen-bond acceptors (Lipinski definition) is 3. The quantitative estimate of drug-likeness (QED) is 0.847. The zero-order valence-corrected chi connectivity index (χ0v) is 12.5. The van der Waals surface area contributed by atoms with Crippen molar-refractivity contribution in [3.63, 3.8) is 0 Å². The molecule has 0 aromatic heterocycles. The Morgan fingerprint density at radius 3 is 2.26 bits per heavy atom. The van der Waals surface area contributed by atoms with Crippen molar-refractivity contribution < 1.29 is 4.79 Å². The van der Waals surface area contributed by atoms with Crippen LogP contribution in [0.4, 0.5) is 5.69 Å². The third-order valence-electron chi connectivity index (χ3n) is 2.68. The standard InChI is InChI=1S/C15H15NOS2/c1-18-13-8-6-11(7-9-13)15(17)16-12-4-3-5-14(10-12)19-2/h3-10H,1-2H3,(H,16,17). The minimum Gasteiger partial charge on any atom is -0.322 e. The lowest BCUT2D eigenvalue weighted by atomic mass is 10.2. The van der Waals surface area contributed by atoms with Gasteiger partial charge >= 0.3 is 0 Å². The van der Waals surface area contributed by atoms with E-state index in [1.54, 1.807) is 23.5 Å². The number of rotatable bonds is 4. The van der Waals surface area contributed by atoms with Crippen molar-refractivity contribution in [2.24, 2.45) is 0 Å². The van der Waals surface area contributed by atoms with Crippen LogP contribution in [0, 0.1) is 0 Å². The summed E-state index contributed by atoms with van der Waals surface area (Å²) in [5, 5.41) is 2.91. The van der Waals surface area contributed by atoms with E-state index >= 15 is 0 Å². The van der Waals surface area contributed by atoms with Gasteiger partial charge in [0.15, 0.2) is 0 Å². The zero-order chi connectivity index (χ0) is 13.7. The first-order chi connectivity index (χ1) is 9.22. The monoisotopic (exact) mass is 289 g/mol. The van der Waals surface area contributed by atoms with Crippen LogP contribution in [0.1, 0.15) is 10.4 Å². The molecule has 1 N–H and O–H groups in total. The van der Waals surface area contributed by atoms with Crippen LogP contribution < -0.4 is 5.32 Å². The van der Waals surface area contributed by atoms with Crippen molar-refractivity contribution in [1.82, 2.24) is 0 Å². The highest BCUT2D eigenvalue weighted by molar-refractivity contribution is 7.98. The molecular weight excluding hydrogens is 274 g/mol. The Kier molecular flexibility index (Phi) is 4.93. The second kappa shape index (κ2) is 6.68. The maximum atomic E-state index is 12.1. The number of carbonyl (C=O) groups excluding carboxylic acids is 1. The fourth-order valence-electron chi connectivity index (χ4n) is 1.65. The summed E-state index contributed by atoms with van der Waals surface area (Å²) in [7, 11) is 0. The van der Waals surface area contributed by atoms with Gasteiger partial charge in [0.05, 0.1) is 0 Å². The third kappa shape index (κ3) is 3.78. The molecular formula is C15H15NOS2. The lowest BCUT2D eigenvalue weighted by molar-refractivity contribution is 0.102. The molecule has 0 bridgehead atoms. The molecule has 0 fully saturated rings. The van der Waals surface area contributed by atoms with Gasteiger partial charge in [0, 0.05) is 21.0 Å². The molecule has 1 amide bonds. The van der Waals surface area contributed by atoms with Crippen molar-refractivity contribution >= 4 is 35.1 Å². The largest absolute Gasteiger partial charge is 0.322 e. The molecule has 2 rings (SSSR count). The molecule has 2 aromatic carbocycles. The van der Waals surface area contributed by atoms with Gasteiger partial charge in [-0.3, -0.25) is 4.79 Å². The Hall–Kier alpha value is -1.39. The summed E-state index contributed by atoms with van der Waals surface area (Å²) in [6.45, 7) is 0. The van der Waals surface area contributed by atoms with Gasteiger partial charge in [-0.05, 0) is 55.0 Å². The van der Waals surface area contributed by atoms with Crippen LogP contribution in [-0.2, 0) is 0 Å². The Morgan fingerprint density at radius 2 is 1.63 bits per heavy atom. The predicted octanol–water partition coefficient (Wildman–Crippen LogP) is 4.38. The third-order valence-corrected chi connectivity index (χ3v) is 4.15. The molecule has 0 radical (unpaired) electrons. The van der Waals surface area contributed by atoms with Gasteiger partial charge in [-0.2, -0.15) is 0 Å². The molecule has 19 heavy (non-hydrogen) atoms. The highest BCUT2D eigenvalue weighted by Gasteiger charge is 2.06. The van der Waals surface area contributed by atoms with Crippen LogP contribution in [-0.4, -0.2) is 18.4 Å². The van der Waals surface area contributed by atoms with Crippen molar-refractivity contribution in [3.8, 4) is 0 Å². The highest BCUT2D eigenvalue weighted by Crippen LogP contribution is 2.20. The van der Waals surface area contributed by atoms with Gasteiger partial charge in [-0.1, -0.05) is 6.07 Å². The minimum atomic E-state index is -0.0779. The number of amides is 1. The number of nitrogens with one attached hydrogen (secondary N) is 1. The normalized spacial score (nSPS) is 10.2. The van der Waals surface area contributed by atoms with Crippen LogP contribution in [0.15, 0.2) is 58.3 Å². The summed E-state index contributed by atoms with van der Waals surface area (Å²) >= 11 is 3.32. The first-order valence-electron chi connectivity index (χ1n) is 5.82. The van der Waals surface area contributed by atoms with E-state index in [-0.39, 0.29) is 5.91 Å². The lowest BCUT2D eigenvalue weighted by Gasteiger charge is -2.07. The number of thioether (sulfide) groups is 2. The molecule has 0 aliphatic heterocycles. The van der Waals surface area contributed by atoms with E-state index in [0.29, 0.717) is 5.56 Å². The van der Waals surface area contributed by atoms with Gasteiger partial charge in [-0.15, -0.1) is 23.5 Å². The Labute approximate surface area is 122 Å². The molecule has 4 heteroatoms. The Bertz CT molecular complexity index is 567. The maximum Gasteiger partial charge on any atom is 0.255 e.